The first-order valence-electron chi connectivity index (χ1n) is 57.1. The van der Waals surface area contributed by atoms with Gasteiger partial charge >= 0.3 is 0 Å². The molecule has 694 valence electrons. The summed E-state index contributed by atoms with van der Waals surface area (Å²) in [6.07, 6.45) is -4.22. The monoisotopic (exact) mass is 1700 g/mol. The Labute approximate surface area is 809 Å². The minimum Gasteiger partial charge on any atom is -0.0776 e. The van der Waals surface area contributed by atoms with Crippen LogP contribution in [-0.2, 0) is 62.4 Å². The van der Waals surface area contributed by atoms with Gasteiger partial charge in [-0.15, -0.1) is 0 Å². The minimum absolute atomic E-state index is 0. The van der Waals surface area contributed by atoms with Gasteiger partial charge in [-0.05, 0) is 248 Å². The van der Waals surface area contributed by atoms with Gasteiger partial charge in [0, 0.05) is 45.2 Å². The number of aryl methyl sites for hydroxylation is 3. The molecule has 0 spiro atoms. The summed E-state index contributed by atoms with van der Waals surface area (Å²) in [7, 11) is 0. The van der Waals surface area contributed by atoms with Gasteiger partial charge in [-0.1, -0.05) is 520 Å². The summed E-state index contributed by atoms with van der Waals surface area (Å²) in [6, 6.07) is 51.3. The summed E-state index contributed by atoms with van der Waals surface area (Å²) in [5.74, 6) is -11.1. The molecule has 0 bridgehead atoms. The predicted molar refractivity (Wildman–Crippen MR) is 569 cm³/mol. The van der Waals surface area contributed by atoms with Crippen LogP contribution in [0.3, 0.4) is 0 Å². The van der Waals surface area contributed by atoms with Gasteiger partial charge in [0.25, 0.3) is 0 Å². The molecule has 0 saturated carbocycles. The third-order valence-electron chi connectivity index (χ3n) is 18.4. The molecule has 0 fully saturated rings. The van der Waals surface area contributed by atoms with Gasteiger partial charge in [-0.25, -0.2) is 0 Å². The highest BCUT2D eigenvalue weighted by Gasteiger charge is 2.28. The lowest BCUT2D eigenvalue weighted by atomic mass is 9.75. The lowest BCUT2D eigenvalue weighted by Gasteiger charge is -2.29. The highest BCUT2D eigenvalue weighted by atomic mass is 14.3. The third-order valence-corrected chi connectivity index (χ3v) is 18.4. The normalized spacial score (nSPS) is 17.0. The van der Waals surface area contributed by atoms with Crippen molar-refractivity contribution < 1.29 is 45.2 Å². The van der Waals surface area contributed by atoms with Crippen LogP contribution in [0.1, 0.15) is 542 Å². The molecule has 0 radical (unpaired) electrons. The molecule has 0 unspecified atom stereocenters. The van der Waals surface area contributed by atoms with E-state index in [4.69, 9.17) is 45.2 Å². The van der Waals surface area contributed by atoms with E-state index in [2.05, 4.69) is 132 Å². The fourth-order valence-corrected chi connectivity index (χ4v) is 13.8. The van der Waals surface area contributed by atoms with E-state index in [1.165, 1.54) is 43.5 Å². The summed E-state index contributed by atoms with van der Waals surface area (Å²) in [4.78, 5) is 0. The second-order valence-corrected chi connectivity index (χ2v) is 39.7. The average Bonchev–Trinajstić information content (AvgIpc) is 0.692. The standard InChI is InChI=1S/C18H30.2C16H26.C14H22.2C13H20.C12H18.C11H16.8CH4/c1-13(2)11-15-9-8-10-16(12-14(3)4)17(15)18(5,6)7;2*1-11(2)13-9-8-10-14(12(3)4)15(13)16(5,6)7;1-11(2)10-12-8-6-7-9-13(12)14(3,4)5;2*1-10(2)11-8-6-7-9-12(11)13(3,4)5;1-9-7-6-8-10(2)11(9)12(3,4)5;1-9-7-5-6-8-10(9)11(2,3)4;;;;;;;;/h8-10,13-14H,11-12H2,1-7H3;2*8-12H,1-7H3;6-9,11H,10H2,1-5H3;2*6-10H,1-5H3;6-8H,1-5H3;5-8H,1-4H3;8*1H4/i11D2,12D2;1D3,2D3,3D3,4D3,11D,12D;11D,12D;10D2;1D3,2D3,10D;10D;1D3;;;;;;;;;. The van der Waals surface area contributed by atoms with Gasteiger partial charge in [-0.3, -0.25) is 0 Å². The molecule has 0 amide bonds. The molecule has 0 heteroatoms. The molecule has 8 aromatic rings. The molecule has 0 aromatic heterocycles. The Morgan fingerprint density at radius 1 is 0.223 bits per heavy atom. The highest BCUT2D eigenvalue weighted by Crippen LogP contribution is 2.40. The number of hydrogen-bond donors (Lipinski definition) is 0. The van der Waals surface area contributed by atoms with Crippen LogP contribution in [0.5, 0.6) is 0 Å². The highest BCUT2D eigenvalue weighted by molar-refractivity contribution is 5.46. The van der Waals surface area contributed by atoms with Crippen molar-refractivity contribution in [3.63, 3.8) is 0 Å². The Morgan fingerprint density at radius 2 is 0.446 bits per heavy atom. The third kappa shape index (κ3) is 45.0. The summed E-state index contributed by atoms with van der Waals surface area (Å²) < 4.78 is 262. The second kappa shape index (κ2) is 56.7. The van der Waals surface area contributed by atoms with Crippen molar-refractivity contribution >= 4 is 0 Å². The number of benzene rings is 8. The lowest BCUT2D eigenvalue weighted by molar-refractivity contribution is 0.548. The molecule has 0 nitrogen and oxygen atoms in total. The summed E-state index contributed by atoms with van der Waals surface area (Å²) in [5.41, 5.74) is 12.5. The Balaban J connectivity index is -0.000000265. The first kappa shape index (κ1) is 76.0. The van der Waals surface area contributed by atoms with Crippen LogP contribution in [0.2, 0.25) is 0 Å². The van der Waals surface area contributed by atoms with Crippen molar-refractivity contribution in [3.8, 4) is 0 Å². The Bertz CT molecular complexity index is 5280. The predicted octanol–water partition coefficient (Wildman–Crippen LogP) is 40.2. The van der Waals surface area contributed by atoms with E-state index in [-0.39, 0.29) is 121 Å². The Morgan fingerprint density at radius 3 is 0.711 bits per heavy atom. The van der Waals surface area contributed by atoms with Gasteiger partial charge < -0.3 is 0 Å². The molecule has 8 aromatic carbocycles. The molecule has 0 aliphatic carbocycles. The zero-order valence-corrected chi connectivity index (χ0v) is 77.9. The summed E-state index contributed by atoms with van der Waals surface area (Å²) >= 11 is 0. The fourth-order valence-electron chi connectivity index (χ4n) is 13.8. The van der Waals surface area contributed by atoms with Crippen LogP contribution in [0.15, 0.2) is 170 Å². The second-order valence-electron chi connectivity index (χ2n) is 39.7. The Kier molecular flexibility index (Phi) is 35.6. The number of rotatable bonds is 12. The fraction of sp³-hybridized carbons (Fsp3) is 0.603. The topological polar surface area (TPSA) is 0 Å². The van der Waals surface area contributed by atoms with E-state index in [1.807, 2.05) is 225 Å². The molecule has 0 heterocycles. The average molecular weight is 1700 g/mol. The molecule has 0 N–H and O–H groups in total. The van der Waals surface area contributed by atoms with E-state index in [0.29, 0.717) is 22.3 Å². The maximum Gasteiger partial charge on any atom is 0.0347 e. The van der Waals surface area contributed by atoms with E-state index in [0.717, 1.165) is 68.3 Å². The molecule has 8 rings (SSSR count). The summed E-state index contributed by atoms with van der Waals surface area (Å²) in [5, 5.41) is 0. The number of hydrogen-bond acceptors (Lipinski definition) is 0. The van der Waals surface area contributed by atoms with Gasteiger partial charge in [0.05, 0.1) is 0 Å². The van der Waals surface area contributed by atoms with Crippen LogP contribution in [0, 0.1) is 38.5 Å². The summed E-state index contributed by atoms with van der Waals surface area (Å²) in [6.45, 7) is 54.2. The molecular weight excluding hydrogens is 1450 g/mol. The van der Waals surface area contributed by atoms with Crippen molar-refractivity contribution in [2.24, 2.45) is 17.8 Å². The first-order valence-corrected chi connectivity index (χ1v) is 40.6. The smallest absolute Gasteiger partial charge is 0.0347 e. The van der Waals surface area contributed by atoms with Crippen molar-refractivity contribution in [1.82, 2.24) is 0 Å². The first-order chi connectivity index (χ1) is 64.2. The maximum atomic E-state index is 8.53. The molecule has 0 aliphatic heterocycles. The van der Waals surface area contributed by atoms with Gasteiger partial charge in [0.2, 0.25) is 0 Å². The molecule has 0 aliphatic rings. The van der Waals surface area contributed by atoms with Gasteiger partial charge in [0.15, 0.2) is 0 Å². The molecule has 121 heavy (non-hydrogen) atoms. The van der Waals surface area contributed by atoms with E-state index < -0.39 is 124 Å². The molecule has 0 saturated heterocycles. The zero-order valence-electron chi connectivity index (χ0n) is 111. The van der Waals surface area contributed by atoms with Gasteiger partial charge in [0.1, 0.15) is 0 Å². The van der Waals surface area contributed by atoms with Crippen molar-refractivity contribution in [2.75, 3.05) is 0 Å². The maximum absolute atomic E-state index is 8.53. The Hall–Kier alpha value is -6.24. The SMILES string of the molecule is C.C.C.C.C.C.C.C.Cc1ccccc1C(C)(C)C.[2H]C(C)(C)c1cccc(C([2H])(C)C)c1C(C)(C)C.[2H]C(C)(C)c1ccccc1C(C)(C)C.[2H]C([2H])([2H])C([2H])(c1cccc(C([2H])(C([2H])([2H])[2H])C([2H])([2H])[2H])c1C(C)(C)C)C([2H])([2H])[2H].[2H]C([2H])([2H])C([2H])(c1ccccc1C(C)(C)C)C([2H])([2H])[2H].[2H]C([2H])([2H])c1cccc(C)c1C(C)(C)C.[2H]C([2H])(c1cccc(C([2H])([2H])C(C)C)c1C(C)(C)C)C(C)C.[2H]C([2H])(c1ccccc1C(C)(C)C)C(C)C. The molecular formula is C121H210. The van der Waals surface area contributed by atoms with Crippen LogP contribution in [0.4, 0.5) is 0 Å². The van der Waals surface area contributed by atoms with Crippen molar-refractivity contribution in [2.45, 2.75) is 468 Å². The van der Waals surface area contributed by atoms with Crippen molar-refractivity contribution in [1.29, 1.82) is 0 Å². The van der Waals surface area contributed by atoms with Crippen LogP contribution in [0.25, 0.3) is 0 Å². The van der Waals surface area contributed by atoms with Crippen LogP contribution in [-0.4, -0.2) is 0 Å². The zero-order chi connectivity index (χ0) is 116. The quantitative estimate of drug-likeness (QED) is 0.114. The minimum atomic E-state index is -3.36. The van der Waals surface area contributed by atoms with Gasteiger partial charge in [-0.2, -0.15) is 0 Å². The lowest BCUT2D eigenvalue weighted by Crippen LogP contribution is -2.19. The van der Waals surface area contributed by atoms with E-state index >= 15 is 0 Å². The van der Waals surface area contributed by atoms with E-state index in [1.54, 1.807) is 30.3 Å². The van der Waals surface area contributed by atoms with Crippen LogP contribution >= 0.6 is 0 Å². The van der Waals surface area contributed by atoms with Crippen LogP contribution < -0.4 is 0 Å². The molecule has 0 atom stereocenters. The van der Waals surface area contributed by atoms with Crippen molar-refractivity contribution in [3.05, 3.63) is 281 Å². The largest absolute Gasteiger partial charge is 0.0776 e. The van der Waals surface area contributed by atoms with E-state index in [9.17, 15) is 0 Å².